The molecule has 3 amide bonds. The zero-order valence-corrected chi connectivity index (χ0v) is 22.0. The van der Waals surface area contributed by atoms with Gasteiger partial charge >= 0.3 is 18.4 Å². The Morgan fingerprint density at radius 3 is 2.12 bits per heavy atom. The van der Waals surface area contributed by atoms with Crippen molar-refractivity contribution in [2.45, 2.75) is 19.3 Å². The summed E-state index contributed by atoms with van der Waals surface area (Å²) in [6.07, 6.45) is -6.29. The van der Waals surface area contributed by atoms with E-state index in [9.17, 15) is 35.9 Å². The molecule has 1 aliphatic heterocycles. The second-order valence-electron chi connectivity index (χ2n) is 9.16. The molecule has 0 aliphatic carbocycles. The molecule has 3 rings (SSSR count). The third-order valence-corrected chi connectivity index (χ3v) is 6.39. The molecule has 40 heavy (non-hydrogen) atoms. The average Bonchev–Trinajstić information content (AvgIpc) is 2.89. The molecule has 2 aromatic carbocycles. The van der Waals surface area contributed by atoms with E-state index < -0.39 is 35.2 Å². The molecule has 218 valence electrons. The maximum absolute atomic E-state index is 13.1. The van der Waals surface area contributed by atoms with Gasteiger partial charge in [0.1, 0.15) is 5.75 Å². The van der Waals surface area contributed by atoms with E-state index in [0.717, 1.165) is 5.56 Å². The number of methoxy groups -OCH3 is 1. The highest BCUT2D eigenvalue weighted by atomic mass is 19.4. The first-order valence-electron chi connectivity index (χ1n) is 12.4. The number of carbonyl (C=O) groups is 2. The monoisotopic (exact) mass is 572 g/mol. The topological polar surface area (TPSA) is 65.1 Å². The van der Waals surface area contributed by atoms with Crippen molar-refractivity contribution in [1.29, 1.82) is 0 Å². The number of rotatable bonds is 8. The average molecular weight is 573 g/mol. The Kier molecular flexibility index (Phi) is 10.1. The molecule has 0 spiro atoms. The minimum absolute atomic E-state index is 0.00702. The maximum atomic E-state index is 13.1. The van der Waals surface area contributed by atoms with Crippen LogP contribution in [0.15, 0.2) is 48.5 Å². The molecule has 7 nitrogen and oxygen atoms in total. The van der Waals surface area contributed by atoms with Crippen molar-refractivity contribution in [2.24, 2.45) is 0 Å². The number of anilines is 1. The number of nitrogens with zero attached hydrogens (tertiary/aromatic N) is 3. The molecule has 1 heterocycles. The first-order valence-corrected chi connectivity index (χ1v) is 12.4. The van der Waals surface area contributed by atoms with E-state index >= 15 is 0 Å². The smallest absolute Gasteiger partial charge is 0.416 e. The fourth-order valence-corrected chi connectivity index (χ4v) is 4.15. The van der Waals surface area contributed by atoms with E-state index in [1.807, 2.05) is 41.3 Å². The summed E-state index contributed by atoms with van der Waals surface area (Å²) in [5.74, 6) is 0.603. The van der Waals surface area contributed by atoms with Gasteiger partial charge in [-0.1, -0.05) is 30.4 Å². The van der Waals surface area contributed by atoms with Gasteiger partial charge in [0.25, 0.3) is 0 Å². The van der Waals surface area contributed by atoms with Gasteiger partial charge in [-0.25, -0.2) is 4.79 Å². The van der Waals surface area contributed by atoms with E-state index in [4.69, 9.17) is 4.74 Å². The predicted octanol–water partition coefficient (Wildman–Crippen LogP) is 5.44. The quantitative estimate of drug-likeness (QED) is 0.428. The number of hydrogen-bond donors (Lipinski definition) is 1. The third kappa shape index (κ3) is 8.63. The van der Waals surface area contributed by atoms with Crippen LogP contribution in [0.5, 0.6) is 5.75 Å². The highest BCUT2D eigenvalue weighted by molar-refractivity contribution is 5.89. The Balaban J connectivity index is 1.52. The maximum Gasteiger partial charge on any atom is 0.416 e. The van der Waals surface area contributed by atoms with Gasteiger partial charge in [0.15, 0.2) is 0 Å². The molecular formula is C27H30F6N4O3. The van der Waals surface area contributed by atoms with Crippen LogP contribution in [-0.2, 0) is 17.1 Å². The zero-order chi connectivity index (χ0) is 29.5. The molecule has 0 radical (unpaired) electrons. The van der Waals surface area contributed by atoms with Crippen LogP contribution >= 0.6 is 0 Å². The predicted molar refractivity (Wildman–Crippen MR) is 138 cm³/mol. The van der Waals surface area contributed by atoms with Crippen LogP contribution in [0.3, 0.4) is 0 Å². The van der Waals surface area contributed by atoms with Crippen molar-refractivity contribution in [3.05, 3.63) is 65.2 Å². The highest BCUT2D eigenvalue weighted by Crippen LogP contribution is 2.37. The molecule has 0 aromatic heterocycles. The molecule has 0 saturated carbocycles. The fraction of sp³-hybridized carbons (Fsp3) is 0.407. The molecule has 0 unspecified atom stereocenters. The number of benzene rings is 2. The van der Waals surface area contributed by atoms with Crippen LogP contribution in [0.2, 0.25) is 0 Å². The normalized spacial score (nSPS) is 14.8. The van der Waals surface area contributed by atoms with Crippen molar-refractivity contribution in [2.75, 3.05) is 58.2 Å². The van der Waals surface area contributed by atoms with Crippen LogP contribution in [0.4, 0.5) is 36.8 Å². The van der Waals surface area contributed by atoms with Gasteiger partial charge in [0, 0.05) is 64.0 Å². The summed E-state index contributed by atoms with van der Waals surface area (Å²) >= 11 is 0. The minimum Gasteiger partial charge on any atom is -0.496 e. The fourth-order valence-electron chi connectivity index (χ4n) is 4.15. The van der Waals surface area contributed by atoms with Gasteiger partial charge in [0.2, 0.25) is 5.91 Å². The van der Waals surface area contributed by atoms with Gasteiger partial charge < -0.3 is 19.9 Å². The van der Waals surface area contributed by atoms with Gasteiger partial charge in [-0.2, -0.15) is 26.3 Å². The molecule has 1 fully saturated rings. The summed E-state index contributed by atoms with van der Waals surface area (Å²) in [5, 5.41) is 2.16. The number of halogens is 6. The van der Waals surface area contributed by atoms with E-state index in [2.05, 4.69) is 5.32 Å². The summed E-state index contributed by atoms with van der Waals surface area (Å²) in [4.78, 5) is 29.7. The molecular weight excluding hydrogens is 542 g/mol. The lowest BCUT2D eigenvalue weighted by Crippen LogP contribution is -2.51. The largest absolute Gasteiger partial charge is 0.496 e. The number of alkyl halides is 6. The van der Waals surface area contributed by atoms with E-state index in [0.29, 0.717) is 50.6 Å². The summed E-state index contributed by atoms with van der Waals surface area (Å²) < 4.78 is 83.9. The number of para-hydroxylation sites is 1. The lowest BCUT2D eigenvalue weighted by Gasteiger charge is -2.35. The SMILES string of the molecule is COc1ccccc1/C=C/CN(CCN1CCN(C(=O)Nc2cc(C(F)(F)F)cc(C(F)(F)F)c2)CC1)C(C)=O. The lowest BCUT2D eigenvalue weighted by molar-refractivity contribution is -0.143. The van der Waals surface area contributed by atoms with Crippen molar-refractivity contribution >= 4 is 23.7 Å². The first kappa shape index (κ1) is 30.8. The van der Waals surface area contributed by atoms with E-state index in [-0.39, 0.29) is 25.1 Å². The molecule has 1 aliphatic rings. The van der Waals surface area contributed by atoms with Crippen LogP contribution in [0, 0.1) is 0 Å². The van der Waals surface area contributed by atoms with Gasteiger partial charge in [0.05, 0.1) is 18.2 Å². The van der Waals surface area contributed by atoms with Crippen LogP contribution in [0.25, 0.3) is 6.08 Å². The summed E-state index contributed by atoms with van der Waals surface area (Å²) in [5.41, 5.74) is -2.72. The minimum atomic E-state index is -5.01. The Morgan fingerprint density at radius 1 is 0.975 bits per heavy atom. The van der Waals surface area contributed by atoms with Gasteiger partial charge in [-0.05, 0) is 24.3 Å². The third-order valence-electron chi connectivity index (χ3n) is 6.39. The Bertz CT molecular complexity index is 1180. The number of piperazine rings is 1. The first-order chi connectivity index (χ1) is 18.8. The summed E-state index contributed by atoms with van der Waals surface area (Å²) in [6, 6.07) is 7.63. The molecule has 0 atom stereocenters. The molecule has 1 N–H and O–H groups in total. The van der Waals surface area contributed by atoms with Crippen LogP contribution in [0.1, 0.15) is 23.6 Å². The van der Waals surface area contributed by atoms with Gasteiger partial charge in [-0.15, -0.1) is 0 Å². The highest BCUT2D eigenvalue weighted by Gasteiger charge is 2.37. The molecule has 0 bridgehead atoms. The number of hydrogen-bond acceptors (Lipinski definition) is 4. The number of nitrogens with one attached hydrogen (secondary N) is 1. The van der Waals surface area contributed by atoms with Crippen LogP contribution < -0.4 is 10.1 Å². The Hall–Kier alpha value is -3.74. The zero-order valence-electron chi connectivity index (χ0n) is 22.0. The molecule has 2 aromatic rings. The van der Waals surface area contributed by atoms with Crippen molar-refractivity contribution in [1.82, 2.24) is 14.7 Å². The summed E-state index contributed by atoms with van der Waals surface area (Å²) in [7, 11) is 1.58. The van der Waals surface area contributed by atoms with Crippen molar-refractivity contribution < 1.29 is 40.7 Å². The molecule has 13 heteroatoms. The number of ether oxygens (including phenoxy) is 1. The number of amides is 3. The Morgan fingerprint density at radius 2 is 1.57 bits per heavy atom. The second kappa shape index (κ2) is 13.1. The lowest BCUT2D eigenvalue weighted by atomic mass is 10.1. The number of urea groups is 1. The van der Waals surface area contributed by atoms with Gasteiger partial charge in [-0.3, -0.25) is 9.69 Å². The Labute approximate surface area is 228 Å². The standard InChI is InChI=1S/C27H30F6N4O3/c1-19(38)36(9-5-7-20-6-3-4-8-24(20)40-2)13-10-35-11-14-37(15-12-35)25(39)34-23-17-21(26(28,29)30)16-22(18-23)27(31,32)33/h3-8,16-18H,9-15H2,1-2H3,(H,34,39)/b7-5+. The van der Waals surface area contributed by atoms with Crippen LogP contribution in [-0.4, -0.2) is 79.6 Å². The van der Waals surface area contributed by atoms with Crippen molar-refractivity contribution in [3.63, 3.8) is 0 Å². The number of carbonyl (C=O) groups excluding carboxylic acids is 2. The van der Waals surface area contributed by atoms with E-state index in [1.165, 1.54) is 11.8 Å². The van der Waals surface area contributed by atoms with Crippen molar-refractivity contribution in [3.8, 4) is 5.75 Å². The van der Waals surface area contributed by atoms with E-state index in [1.54, 1.807) is 12.0 Å². The summed E-state index contributed by atoms with van der Waals surface area (Å²) in [6.45, 7) is 4.08. The molecule has 1 saturated heterocycles. The second-order valence-corrected chi connectivity index (χ2v) is 9.16.